The average molecular weight is 270 g/mol. The second-order valence-electron chi connectivity index (χ2n) is 5.60. The van der Waals surface area contributed by atoms with Crippen molar-refractivity contribution >= 4 is 11.6 Å². The highest BCUT2D eigenvalue weighted by molar-refractivity contribution is 6.30. The molecular formula is C14H24ClN3. The molecule has 2 N–H and O–H groups in total. The molecule has 1 fully saturated rings. The van der Waals surface area contributed by atoms with E-state index in [1.165, 1.54) is 38.5 Å². The Morgan fingerprint density at radius 2 is 1.94 bits per heavy atom. The van der Waals surface area contributed by atoms with E-state index in [4.69, 9.17) is 17.3 Å². The third-order valence-corrected chi connectivity index (χ3v) is 4.69. The smallest absolute Gasteiger partial charge is 0.130 e. The molecule has 1 heterocycles. The van der Waals surface area contributed by atoms with E-state index in [-0.39, 0.29) is 6.04 Å². The largest absolute Gasteiger partial charge is 0.327 e. The van der Waals surface area contributed by atoms with Crippen molar-refractivity contribution in [3.63, 3.8) is 0 Å². The number of nitrogens with zero attached hydrogens (tertiary/aromatic N) is 2. The highest BCUT2D eigenvalue weighted by atomic mass is 35.5. The van der Waals surface area contributed by atoms with Crippen LogP contribution in [0.25, 0.3) is 0 Å². The van der Waals surface area contributed by atoms with Gasteiger partial charge in [0.1, 0.15) is 5.15 Å². The monoisotopic (exact) mass is 269 g/mol. The zero-order chi connectivity index (χ0) is 13.1. The summed E-state index contributed by atoms with van der Waals surface area (Å²) in [5.41, 5.74) is 8.56. The quantitative estimate of drug-likeness (QED) is 0.857. The minimum absolute atomic E-state index is 0.225. The Morgan fingerprint density at radius 1 is 1.33 bits per heavy atom. The predicted molar refractivity (Wildman–Crippen MR) is 75.8 cm³/mol. The van der Waals surface area contributed by atoms with Gasteiger partial charge in [-0.05, 0) is 32.1 Å². The highest BCUT2D eigenvalue weighted by Crippen LogP contribution is 2.28. The Hall–Kier alpha value is -0.540. The summed E-state index contributed by atoms with van der Waals surface area (Å²) in [6, 6.07) is 0.225. The Labute approximate surface area is 115 Å². The third-order valence-electron chi connectivity index (χ3n) is 4.22. The standard InChI is InChI=1S/C14H24ClN3/c1-10-12(14(15)18(2)17-10)9-13(16)11-7-5-3-4-6-8-11/h11,13H,3-9,16H2,1-2H3. The molecule has 1 aromatic rings. The summed E-state index contributed by atoms with van der Waals surface area (Å²) in [4.78, 5) is 0. The summed E-state index contributed by atoms with van der Waals surface area (Å²) in [5.74, 6) is 0.656. The van der Waals surface area contributed by atoms with Crippen molar-refractivity contribution in [1.82, 2.24) is 9.78 Å². The van der Waals surface area contributed by atoms with E-state index in [9.17, 15) is 0 Å². The summed E-state index contributed by atoms with van der Waals surface area (Å²) < 4.78 is 1.74. The van der Waals surface area contributed by atoms with E-state index < -0.39 is 0 Å². The number of hydrogen-bond acceptors (Lipinski definition) is 2. The normalized spacial score (nSPS) is 19.8. The highest BCUT2D eigenvalue weighted by Gasteiger charge is 2.22. The molecule has 1 aliphatic carbocycles. The van der Waals surface area contributed by atoms with E-state index >= 15 is 0 Å². The van der Waals surface area contributed by atoms with E-state index in [1.807, 2.05) is 14.0 Å². The molecule has 0 bridgehead atoms. The molecule has 1 atom stereocenters. The molecule has 18 heavy (non-hydrogen) atoms. The van der Waals surface area contributed by atoms with Gasteiger partial charge in [-0.3, -0.25) is 4.68 Å². The van der Waals surface area contributed by atoms with Gasteiger partial charge in [0.2, 0.25) is 0 Å². The van der Waals surface area contributed by atoms with Gasteiger partial charge < -0.3 is 5.73 Å². The third kappa shape index (κ3) is 3.07. The lowest BCUT2D eigenvalue weighted by molar-refractivity contribution is 0.372. The summed E-state index contributed by atoms with van der Waals surface area (Å²) in [6.07, 6.45) is 8.82. The number of hydrogen-bond donors (Lipinski definition) is 1. The maximum atomic E-state index is 6.40. The minimum Gasteiger partial charge on any atom is -0.327 e. The van der Waals surface area contributed by atoms with Gasteiger partial charge >= 0.3 is 0 Å². The van der Waals surface area contributed by atoms with Crippen molar-refractivity contribution in [2.45, 2.75) is 57.9 Å². The molecule has 1 saturated carbocycles. The zero-order valence-corrected chi connectivity index (χ0v) is 12.2. The van der Waals surface area contributed by atoms with Gasteiger partial charge in [0.15, 0.2) is 0 Å². The second kappa shape index (κ2) is 6.07. The van der Waals surface area contributed by atoms with Crippen LogP contribution in [0.4, 0.5) is 0 Å². The van der Waals surface area contributed by atoms with Gasteiger partial charge in [0, 0.05) is 18.7 Å². The van der Waals surface area contributed by atoms with Crippen LogP contribution in [0.2, 0.25) is 5.15 Å². The first-order valence-electron chi connectivity index (χ1n) is 7.03. The van der Waals surface area contributed by atoms with Crippen LogP contribution in [0.1, 0.15) is 49.8 Å². The van der Waals surface area contributed by atoms with Crippen LogP contribution in [0.5, 0.6) is 0 Å². The molecule has 0 radical (unpaired) electrons. The SMILES string of the molecule is Cc1nn(C)c(Cl)c1CC(N)C1CCCCCC1. The van der Waals surface area contributed by atoms with Gasteiger partial charge in [-0.15, -0.1) is 0 Å². The molecule has 4 heteroatoms. The molecule has 0 aliphatic heterocycles. The molecule has 3 nitrogen and oxygen atoms in total. The first-order valence-corrected chi connectivity index (χ1v) is 7.41. The summed E-state index contributed by atoms with van der Waals surface area (Å²) in [5, 5.41) is 5.10. The Kier molecular flexibility index (Phi) is 4.68. The molecule has 0 spiro atoms. The first-order chi connectivity index (χ1) is 8.59. The Balaban J connectivity index is 2.03. The molecule has 2 rings (SSSR count). The fourth-order valence-corrected chi connectivity index (χ4v) is 3.30. The van der Waals surface area contributed by atoms with Gasteiger partial charge in [-0.25, -0.2) is 0 Å². The lowest BCUT2D eigenvalue weighted by Gasteiger charge is -2.22. The number of aromatic nitrogens is 2. The van der Waals surface area contributed by atoms with Crippen LogP contribution in [-0.2, 0) is 13.5 Å². The average Bonchev–Trinajstić information content (AvgIpc) is 2.58. The van der Waals surface area contributed by atoms with Crippen LogP contribution in [0.3, 0.4) is 0 Å². The van der Waals surface area contributed by atoms with E-state index in [0.717, 1.165) is 22.8 Å². The van der Waals surface area contributed by atoms with E-state index in [0.29, 0.717) is 5.92 Å². The predicted octanol–water partition coefficient (Wildman–Crippen LogP) is 3.22. The molecule has 1 aliphatic rings. The van der Waals surface area contributed by atoms with Crippen molar-refractivity contribution < 1.29 is 0 Å². The molecule has 0 aromatic carbocycles. The molecular weight excluding hydrogens is 246 g/mol. The van der Waals surface area contributed by atoms with Crippen LogP contribution in [0.15, 0.2) is 0 Å². The summed E-state index contributed by atoms with van der Waals surface area (Å²) in [7, 11) is 1.88. The molecule has 102 valence electrons. The van der Waals surface area contributed by atoms with Crippen molar-refractivity contribution in [3.8, 4) is 0 Å². The Bertz CT molecular complexity index is 392. The zero-order valence-electron chi connectivity index (χ0n) is 11.5. The van der Waals surface area contributed by atoms with Crippen LogP contribution in [0, 0.1) is 12.8 Å². The molecule has 0 saturated heterocycles. The van der Waals surface area contributed by atoms with Crippen molar-refractivity contribution in [1.29, 1.82) is 0 Å². The van der Waals surface area contributed by atoms with Gasteiger partial charge in [0.25, 0.3) is 0 Å². The Morgan fingerprint density at radius 3 is 2.44 bits per heavy atom. The minimum atomic E-state index is 0.225. The number of aryl methyl sites for hydroxylation is 2. The van der Waals surface area contributed by atoms with Crippen molar-refractivity contribution in [2.75, 3.05) is 0 Å². The van der Waals surface area contributed by atoms with Gasteiger partial charge in [-0.2, -0.15) is 5.10 Å². The number of halogens is 1. The first kappa shape index (κ1) is 13.9. The number of rotatable bonds is 3. The van der Waals surface area contributed by atoms with Crippen LogP contribution < -0.4 is 5.73 Å². The van der Waals surface area contributed by atoms with E-state index in [1.54, 1.807) is 4.68 Å². The van der Waals surface area contributed by atoms with Gasteiger partial charge in [-0.1, -0.05) is 37.3 Å². The van der Waals surface area contributed by atoms with Gasteiger partial charge in [0.05, 0.1) is 5.69 Å². The second-order valence-corrected chi connectivity index (χ2v) is 5.96. The van der Waals surface area contributed by atoms with Crippen LogP contribution in [-0.4, -0.2) is 15.8 Å². The summed E-state index contributed by atoms with van der Waals surface area (Å²) in [6.45, 7) is 2.01. The fourth-order valence-electron chi connectivity index (χ4n) is 3.05. The maximum absolute atomic E-state index is 6.40. The van der Waals surface area contributed by atoms with Crippen LogP contribution >= 0.6 is 11.6 Å². The lowest BCUT2D eigenvalue weighted by atomic mass is 9.88. The van der Waals surface area contributed by atoms with Crippen molar-refractivity contribution in [2.24, 2.45) is 18.7 Å². The number of nitrogens with two attached hydrogens (primary N) is 1. The summed E-state index contributed by atoms with van der Waals surface area (Å²) >= 11 is 6.27. The molecule has 0 amide bonds. The maximum Gasteiger partial charge on any atom is 0.130 e. The van der Waals surface area contributed by atoms with Crippen molar-refractivity contribution in [3.05, 3.63) is 16.4 Å². The molecule has 1 unspecified atom stereocenters. The molecule has 1 aromatic heterocycles. The lowest BCUT2D eigenvalue weighted by Crippen LogP contribution is -2.32. The fraction of sp³-hybridized carbons (Fsp3) is 0.786. The topological polar surface area (TPSA) is 43.8 Å². The van der Waals surface area contributed by atoms with E-state index in [2.05, 4.69) is 5.10 Å².